The van der Waals surface area contributed by atoms with Crippen molar-refractivity contribution in [1.29, 1.82) is 0 Å². The van der Waals surface area contributed by atoms with Crippen molar-refractivity contribution in [2.24, 2.45) is 5.92 Å². The van der Waals surface area contributed by atoms with Gasteiger partial charge in [0.25, 0.3) is 0 Å². The molecule has 0 spiro atoms. The van der Waals surface area contributed by atoms with Crippen molar-refractivity contribution in [3.8, 4) is 0 Å². The highest BCUT2D eigenvalue weighted by molar-refractivity contribution is 7.89. The Kier molecular flexibility index (Phi) is 4.45. The number of benzene rings is 1. The molecule has 0 radical (unpaired) electrons. The van der Waals surface area contributed by atoms with Gasteiger partial charge < -0.3 is 4.57 Å². The summed E-state index contributed by atoms with van der Waals surface area (Å²) in [7, 11) is -3.58. The number of hydrogen-bond acceptors (Lipinski definition) is 3. The van der Waals surface area contributed by atoms with E-state index in [0.717, 1.165) is 25.2 Å². The molecule has 8 heteroatoms. The summed E-state index contributed by atoms with van der Waals surface area (Å²) in [5, 5.41) is 0.561. The van der Waals surface area contributed by atoms with Crippen LogP contribution >= 0.6 is 23.2 Å². The highest BCUT2D eigenvalue weighted by Crippen LogP contribution is 2.25. The Morgan fingerprint density at radius 3 is 2.91 bits per heavy atom. The zero-order chi connectivity index (χ0) is 15.7. The molecule has 0 fully saturated rings. The number of halogens is 2. The lowest BCUT2D eigenvalue weighted by molar-refractivity contribution is 0.363. The first kappa shape index (κ1) is 15.8. The largest absolute Gasteiger partial charge is 0.335 e. The Bertz CT molecular complexity index is 789. The Morgan fingerprint density at radius 2 is 2.14 bits per heavy atom. The Labute approximate surface area is 139 Å². The van der Waals surface area contributed by atoms with Gasteiger partial charge in [0, 0.05) is 31.9 Å². The molecule has 1 aliphatic heterocycles. The second-order valence-electron chi connectivity index (χ2n) is 5.33. The predicted molar refractivity (Wildman–Crippen MR) is 85.7 cm³/mol. The first-order valence-corrected chi connectivity index (χ1v) is 9.14. The molecular weight excluding hydrogens is 345 g/mol. The quantitative estimate of drug-likeness (QED) is 0.912. The van der Waals surface area contributed by atoms with Gasteiger partial charge in [-0.2, -0.15) is 0 Å². The van der Waals surface area contributed by atoms with Gasteiger partial charge in [-0.05, 0) is 30.5 Å². The van der Waals surface area contributed by atoms with E-state index in [-0.39, 0.29) is 15.8 Å². The summed E-state index contributed by atoms with van der Waals surface area (Å²) in [5.41, 5.74) is 0. The van der Waals surface area contributed by atoms with Gasteiger partial charge in [0.05, 0.1) is 14.9 Å². The molecule has 1 atom stereocenters. The Hall–Kier alpha value is -1.08. The minimum absolute atomic E-state index is 0.126. The number of imidazole rings is 1. The van der Waals surface area contributed by atoms with E-state index in [1.807, 2.05) is 6.20 Å². The molecule has 22 heavy (non-hydrogen) atoms. The smallest absolute Gasteiger partial charge is 0.240 e. The maximum absolute atomic E-state index is 12.3. The lowest BCUT2D eigenvalue weighted by atomic mass is 10.00. The van der Waals surface area contributed by atoms with Gasteiger partial charge in [0.1, 0.15) is 5.82 Å². The van der Waals surface area contributed by atoms with Crippen LogP contribution in [0.4, 0.5) is 0 Å². The van der Waals surface area contributed by atoms with Crippen LogP contribution in [0.3, 0.4) is 0 Å². The first-order chi connectivity index (χ1) is 10.5. The number of fused-ring (bicyclic) bond motifs is 1. The molecule has 2 aromatic rings. The zero-order valence-electron chi connectivity index (χ0n) is 11.7. The Balaban J connectivity index is 1.67. The summed E-state index contributed by atoms with van der Waals surface area (Å²) in [5.74, 6) is 1.31. The van der Waals surface area contributed by atoms with Gasteiger partial charge >= 0.3 is 0 Å². The minimum Gasteiger partial charge on any atom is -0.335 e. The second-order valence-corrected chi connectivity index (χ2v) is 7.91. The van der Waals surface area contributed by atoms with Crippen LogP contribution in [0.25, 0.3) is 0 Å². The van der Waals surface area contributed by atoms with E-state index >= 15 is 0 Å². The number of nitrogens with one attached hydrogen (secondary N) is 1. The third-order valence-corrected chi connectivity index (χ3v) is 5.96. The molecule has 1 aromatic carbocycles. The molecule has 0 saturated carbocycles. The van der Waals surface area contributed by atoms with E-state index in [9.17, 15) is 8.42 Å². The molecule has 0 amide bonds. The number of aromatic nitrogens is 2. The van der Waals surface area contributed by atoms with E-state index in [0.29, 0.717) is 11.6 Å². The molecule has 0 bridgehead atoms. The topological polar surface area (TPSA) is 64.0 Å². The lowest BCUT2D eigenvalue weighted by Crippen LogP contribution is -2.33. The number of rotatable bonds is 4. The van der Waals surface area contributed by atoms with Gasteiger partial charge in [-0.25, -0.2) is 18.1 Å². The number of hydrogen-bond donors (Lipinski definition) is 1. The first-order valence-electron chi connectivity index (χ1n) is 6.90. The molecule has 0 saturated heterocycles. The maximum Gasteiger partial charge on any atom is 0.240 e. The number of nitrogens with zero attached hydrogens (tertiary/aromatic N) is 2. The average molecular weight is 360 g/mol. The SMILES string of the molecule is O=S(=O)(NC[C@H]1CCc2nccn2C1)c1ccc(Cl)c(Cl)c1. The van der Waals surface area contributed by atoms with E-state index < -0.39 is 10.0 Å². The normalized spacial score (nSPS) is 18.2. The highest BCUT2D eigenvalue weighted by atomic mass is 35.5. The van der Waals surface area contributed by atoms with Crippen LogP contribution in [0.15, 0.2) is 35.5 Å². The zero-order valence-corrected chi connectivity index (χ0v) is 14.0. The van der Waals surface area contributed by atoms with Crippen molar-refractivity contribution < 1.29 is 8.42 Å². The van der Waals surface area contributed by atoms with E-state index in [4.69, 9.17) is 23.2 Å². The summed E-state index contributed by atoms with van der Waals surface area (Å²) in [6.07, 6.45) is 5.49. The minimum atomic E-state index is -3.58. The van der Waals surface area contributed by atoms with Crippen molar-refractivity contribution in [2.45, 2.75) is 24.3 Å². The third-order valence-electron chi connectivity index (χ3n) is 3.80. The van der Waals surface area contributed by atoms with Crippen LogP contribution in [0.5, 0.6) is 0 Å². The van der Waals surface area contributed by atoms with Crippen molar-refractivity contribution in [3.63, 3.8) is 0 Å². The fourth-order valence-electron chi connectivity index (χ4n) is 2.56. The number of aryl methyl sites for hydroxylation is 1. The van der Waals surface area contributed by atoms with E-state index in [1.54, 1.807) is 6.20 Å². The molecule has 118 valence electrons. The van der Waals surface area contributed by atoms with Crippen LogP contribution in [0, 0.1) is 5.92 Å². The van der Waals surface area contributed by atoms with Crippen LogP contribution < -0.4 is 4.72 Å². The summed E-state index contributed by atoms with van der Waals surface area (Å²) >= 11 is 11.7. The average Bonchev–Trinajstić information content (AvgIpc) is 2.95. The van der Waals surface area contributed by atoms with Gasteiger partial charge in [0.2, 0.25) is 10.0 Å². The predicted octanol–water partition coefficient (Wildman–Crippen LogP) is 2.73. The third kappa shape index (κ3) is 3.30. The van der Waals surface area contributed by atoms with Crippen molar-refractivity contribution in [3.05, 3.63) is 46.5 Å². The van der Waals surface area contributed by atoms with Crippen molar-refractivity contribution >= 4 is 33.2 Å². The van der Waals surface area contributed by atoms with E-state index in [1.165, 1.54) is 18.2 Å². The molecule has 2 heterocycles. The number of sulfonamides is 1. The van der Waals surface area contributed by atoms with Crippen LogP contribution in [0.2, 0.25) is 10.0 Å². The summed E-state index contributed by atoms with van der Waals surface area (Å²) in [4.78, 5) is 4.39. The molecular formula is C14H15Cl2N3O2S. The molecule has 1 N–H and O–H groups in total. The van der Waals surface area contributed by atoms with E-state index in [2.05, 4.69) is 14.3 Å². The maximum atomic E-state index is 12.3. The van der Waals surface area contributed by atoms with Crippen molar-refractivity contribution in [2.75, 3.05) is 6.54 Å². The summed E-state index contributed by atoms with van der Waals surface area (Å²) in [6.45, 7) is 1.17. The Morgan fingerprint density at radius 1 is 1.32 bits per heavy atom. The molecule has 1 aliphatic rings. The van der Waals surface area contributed by atoms with Crippen LogP contribution in [-0.2, 0) is 23.0 Å². The fraction of sp³-hybridized carbons (Fsp3) is 0.357. The molecule has 0 aliphatic carbocycles. The molecule has 0 unspecified atom stereocenters. The van der Waals surface area contributed by atoms with Gasteiger partial charge in [0.15, 0.2) is 0 Å². The van der Waals surface area contributed by atoms with Crippen molar-refractivity contribution in [1.82, 2.24) is 14.3 Å². The van der Waals surface area contributed by atoms with Crippen LogP contribution in [0.1, 0.15) is 12.2 Å². The van der Waals surface area contributed by atoms with Gasteiger partial charge in [-0.3, -0.25) is 0 Å². The molecule has 5 nitrogen and oxygen atoms in total. The fourth-order valence-corrected chi connectivity index (χ4v) is 4.06. The monoisotopic (exact) mass is 359 g/mol. The van der Waals surface area contributed by atoms with Gasteiger partial charge in [-0.1, -0.05) is 23.2 Å². The highest BCUT2D eigenvalue weighted by Gasteiger charge is 2.22. The second kappa shape index (κ2) is 6.20. The van der Waals surface area contributed by atoms with Crippen LogP contribution in [-0.4, -0.2) is 24.5 Å². The molecule has 1 aromatic heterocycles. The molecule has 3 rings (SSSR count). The summed E-state index contributed by atoms with van der Waals surface area (Å²) < 4.78 is 29.3. The lowest BCUT2D eigenvalue weighted by Gasteiger charge is -2.23. The standard InChI is InChI=1S/C14H15Cl2N3O2S/c15-12-3-2-11(7-13(12)16)22(20,21)18-8-10-1-4-14-17-5-6-19(14)9-10/h2-3,5-7,10,18H,1,4,8-9H2/t10-/m1/s1. The van der Waals surface area contributed by atoms with Gasteiger partial charge in [-0.15, -0.1) is 0 Å². The summed E-state index contributed by atoms with van der Waals surface area (Å²) in [6, 6.07) is 4.29.